The van der Waals surface area contributed by atoms with Gasteiger partial charge in [-0.1, -0.05) is 13.8 Å². The number of β-amino-alcohol motifs (C(OH)–C–C–N with tert-alkyl or cyclic N) is 1. The molecule has 92 valence electrons. The van der Waals surface area contributed by atoms with Crippen molar-refractivity contribution in [2.75, 3.05) is 6.54 Å². The SMILES string of the molecule is CC(C)C(N)C(=O)N1C[C@@H](O)C[C@H]1B(O)O. The molecular weight excluding hydrogens is 211 g/mol. The van der Waals surface area contributed by atoms with Gasteiger partial charge in [-0.15, -0.1) is 0 Å². The molecule has 1 aliphatic rings. The molecule has 0 radical (unpaired) electrons. The van der Waals surface area contributed by atoms with Crippen LogP contribution >= 0.6 is 0 Å². The van der Waals surface area contributed by atoms with E-state index in [1.807, 2.05) is 13.8 Å². The molecule has 7 heteroatoms. The van der Waals surface area contributed by atoms with Crippen molar-refractivity contribution >= 4 is 13.0 Å². The molecule has 1 saturated heterocycles. The van der Waals surface area contributed by atoms with Crippen LogP contribution in [0, 0.1) is 5.92 Å². The van der Waals surface area contributed by atoms with E-state index in [0.29, 0.717) is 0 Å². The minimum atomic E-state index is -1.64. The summed E-state index contributed by atoms with van der Waals surface area (Å²) in [5.74, 6) is -1.13. The normalized spacial score (nSPS) is 27.3. The van der Waals surface area contributed by atoms with Gasteiger partial charge in [-0.3, -0.25) is 4.79 Å². The predicted octanol–water partition coefficient (Wildman–Crippen LogP) is -2.06. The molecule has 0 saturated carbocycles. The van der Waals surface area contributed by atoms with Crippen LogP contribution in [0.2, 0.25) is 0 Å². The van der Waals surface area contributed by atoms with E-state index in [4.69, 9.17) is 15.8 Å². The van der Waals surface area contributed by atoms with E-state index in [2.05, 4.69) is 0 Å². The molecule has 0 bridgehead atoms. The summed E-state index contributed by atoms with van der Waals surface area (Å²) in [6.45, 7) is 3.75. The predicted molar refractivity (Wildman–Crippen MR) is 59.1 cm³/mol. The second kappa shape index (κ2) is 5.14. The Kier molecular flexibility index (Phi) is 4.31. The fourth-order valence-corrected chi connectivity index (χ4v) is 1.86. The second-order valence-electron chi connectivity index (χ2n) is 4.63. The fraction of sp³-hybridized carbons (Fsp3) is 0.889. The number of likely N-dealkylation sites (tertiary alicyclic amines) is 1. The number of nitrogens with zero attached hydrogens (tertiary/aromatic N) is 1. The third-order valence-corrected chi connectivity index (χ3v) is 2.95. The quantitative estimate of drug-likeness (QED) is 0.417. The van der Waals surface area contributed by atoms with Crippen molar-refractivity contribution in [2.24, 2.45) is 11.7 Å². The number of carbonyl (C=O) groups excluding carboxylic acids is 1. The molecule has 16 heavy (non-hydrogen) atoms. The van der Waals surface area contributed by atoms with Crippen molar-refractivity contribution in [1.82, 2.24) is 4.90 Å². The summed E-state index contributed by atoms with van der Waals surface area (Å²) in [5.41, 5.74) is 5.71. The van der Waals surface area contributed by atoms with Gasteiger partial charge in [-0.25, -0.2) is 0 Å². The molecule has 0 aromatic carbocycles. The van der Waals surface area contributed by atoms with Gasteiger partial charge in [-0.2, -0.15) is 0 Å². The van der Waals surface area contributed by atoms with Crippen molar-refractivity contribution in [2.45, 2.75) is 38.4 Å². The fourth-order valence-electron chi connectivity index (χ4n) is 1.86. The van der Waals surface area contributed by atoms with Crippen LogP contribution in [0.15, 0.2) is 0 Å². The van der Waals surface area contributed by atoms with Gasteiger partial charge in [0.1, 0.15) is 0 Å². The Morgan fingerprint density at radius 3 is 2.50 bits per heavy atom. The number of carbonyl (C=O) groups is 1. The Hall–Kier alpha value is -0.625. The number of amides is 1. The van der Waals surface area contributed by atoms with Gasteiger partial charge in [0.05, 0.1) is 18.1 Å². The molecule has 3 atom stereocenters. The second-order valence-corrected chi connectivity index (χ2v) is 4.63. The molecule has 0 aromatic heterocycles. The van der Waals surface area contributed by atoms with E-state index < -0.39 is 25.2 Å². The largest absolute Gasteiger partial charge is 0.475 e. The number of rotatable bonds is 3. The number of hydrogen-bond acceptors (Lipinski definition) is 5. The summed E-state index contributed by atoms with van der Waals surface area (Å²) in [7, 11) is -1.64. The van der Waals surface area contributed by atoms with E-state index in [1.54, 1.807) is 0 Å². The first kappa shape index (κ1) is 13.4. The lowest BCUT2D eigenvalue weighted by molar-refractivity contribution is -0.133. The maximum Gasteiger partial charge on any atom is 0.475 e. The monoisotopic (exact) mass is 230 g/mol. The van der Waals surface area contributed by atoms with Crippen LogP contribution in [-0.4, -0.2) is 57.7 Å². The first-order valence-electron chi connectivity index (χ1n) is 5.44. The molecule has 1 unspecified atom stereocenters. The standard InChI is InChI=1S/C9H19BN2O4/c1-5(2)8(11)9(14)12-4-6(13)3-7(12)10(15)16/h5-8,13,15-16H,3-4,11H2,1-2H3/t6-,7-,8?/m0/s1. The zero-order valence-corrected chi connectivity index (χ0v) is 9.58. The molecule has 0 aromatic rings. The Labute approximate surface area is 95.2 Å². The highest BCUT2D eigenvalue weighted by atomic mass is 16.4. The lowest BCUT2D eigenvalue weighted by Crippen LogP contribution is -2.52. The minimum Gasteiger partial charge on any atom is -0.426 e. The number of nitrogens with two attached hydrogens (primary N) is 1. The zero-order chi connectivity index (χ0) is 12.5. The smallest absolute Gasteiger partial charge is 0.426 e. The third kappa shape index (κ3) is 2.73. The zero-order valence-electron chi connectivity index (χ0n) is 9.58. The molecule has 1 fully saturated rings. The topological polar surface area (TPSA) is 107 Å². The molecule has 1 aliphatic heterocycles. The number of hydrogen-bond donors (Lipinski definition) is 4. The number of aliphatic hydroxyl groups excluding tert-OH is 1. The van der Waals surface area contributed by atoms with Gasteiger partial charge >= 0.3 is 7.12 Å². The summed E-state index contributed by atoms with van der Waals surface area (Å²) >= 11 is 0. The summed E-state index contributed by atoms with van der Waals surface area (Å²) < 4.78 is 0. The highest BCUT2D eigenvalue weighted by Gasteiger charge is 2.42. The lowest BCUT2D eigenvalue weighted by atomic mass is 9.77. The van der Waals surface area contributed by atoms with Crippen molar-refractivity contribution < 1.29 is 19.9 Å². The van der Waals surface area contributed by atoms with Crippen LogP contribution in [0.4, 0.5) is 0 Å². The van der Waals surface area contributed by atoms with Gasteiger partial charge < -0.3 is 25.8 Å². The van der Waals surface area contributed by atoms with Crippen molar-refractivity contribution in [1.29, 1.82) is 0 Å². The van der Waals surface area contributed by atoms with Gasteiger partial charge in [0.15, 0.2) is 0 Å². The van der Waals surface area contributed by atoms with E-state index in [1.165, 1.54) is 4.90 Å². The highest BCUT2D eigenvalue weighted by Crippen LogP contribution is 2.20. The molecule has 1 rings (SSSR count). The molecule has 0 spiro atoms. The molecule has 6 nitrogen and oxygen atoms in total. The van der Waals surface area contributed by atoms with Crippen LogP contribution in [0.3, 0.4) is 0 Å². The Morgan fingerprint density at radius 1 is 1.50 bits per heavy atom. The maximum absolute atomic E-state index is 11.9. The summed E-state index contributed by atoms with van der Waals surface area (Å²) in [6, 6.07) is -0.674. The Morgan fingerprint density at radius 2 is 2.06 bits per heavy atom. The lowest BCUT2D eigenvalue weighted by Gasteiger charge is -2.27. The average Bonchev–Trinajstić information content (AvgIpc) is 2.58. The highest BCUT2D eigenvalue weighted by molar-refractivity contribution is 6.43. The summed E-state index contributed by atoms with van der Waals surface area (Å²) in [4.78, 5) is 13.2. The molecule has 1 heterocycles. The minimum absolute atomic E-state index is 0.0262. The first-order chi connectivity index (χ1) is 7.34. The van der Waals surface area contributed by atoms with E-state index >= 15 is 0 Å². The molecule has 0 aliphatic carbocycles. The van der Waals surface area contributed by atoms with Crippen molar-refractivity contribution in [3.8, 4) is 0 Å². The van der Waals surface area contributed by atoms with E-state index in [-0.39, 0.29) is 24.8 Å². The van der Waals surface area contributed by atoms with Gasteiger partial charge in [-0.05, 0) is 12.3 Å². The average molecular weight is 230 g/mol. The molecule has 1 amide bonds. The van der Waals surface area contributed by atoms with Crippen molar-refractivity contribution in [3.05, 3.63) is 0 Å². The van der Waals surface area contributed by atoms with Crippen LogP contribution in [0.5, 0.6) is 0 Å². The van der Waals surface area contributed by atoms with Crippen LogP contribution in [0.1, 0.15) is 20.3 Å². The Balaban J connectivity index is 2.74. The first-order valence-corrected chi connectivity index (χ1v) is 5.44. The van der Waals surface area contributed by atoms with Crippen molar-refractivity contribution in [3.63, 3.8) is 0 Å². The van der Waals surface area contributed by atoms with E-state index in [0.717, 1.165) is 0 Å². The molecular formula is C9H19BN2O4. The van der Waals surface area contributed by atoms with Gasteiger partial charge in [0.25, 0.3) is 0 Å². The van der Waals surface area contributed by atoms with E-state index in [9.17, 15) is 9.90 Å². The third-order valence-electron chi connectivity index (χ3n) is 2.95. The molecule has 5 N–H and O–H groups in total. The Bertz CT molecular complexity index is 262. The van der Waals surface area contributed by atoms with Gasteiger partial charge in [0.2, 0.25) is 5.91 Å². The maximum atomic E-state index is 11.9. The van der Waals surface area contributed by atoms with Gasteiger partial charge in [0, 0.05) is 6.54 Å². The van der Waals surface area contributed by atoms with Crippen LogP contribution < -0.4 is 5.73 Å². The van der Waals surface area contributed by atoms with Crippen LogP contribution in [-0.2, 0) is 4.79 Å². The van der Waals surface area contributed by atoms with Crippen LogP contribution in [0.25, 0.3) is 0 Å². The summed E-state index contributed by atoms with van der Waals surface area (Å²) in [5, 5.41) is 27.7. The summed E-state index contributed by atoms with van der Waals surface area (Å²) in [6.07, 6.45) is -0.538. The number of aliphatic hydroxyl groups is 1.